The number of methoxy groups -OCH3 is 1. The van der Waals surface area contributed by atoms with Crippen molar-refractivity contribution in [3.05, 3.63) is 78.2 Å². The number of rotatable bonds is 5. The van der Waals surface area contributed by atoms with Gasteiger partial charge in [-0.3, -0.25) is 9.97 Å². The summed E-state index contributed by atoms with van der Waals surface area (Å²) < 4.78 is 5.38. The van der Waals surface area contributed by atoms with E-state index >= 15 is 0 Å². The number of ether oxygens (including phenoxy) is 1. The zero-order chi connectivity index (χ0) is 21.4. The summed E-state index contributed by atoms with van der Waals surface area (Å²) in [6.45, 7) is 3.32. The molecule has 0 aliphatic carbocycles. The number of aromatic nitrogens is 3. The molecule has 2 aromatic carbocycles. The van der Waals surface area contributed by atoms with E-state index in [1.54, 1.807) is 20.2 Å². The molecule has 1 aliphatic rings. The molecule has 3 heterocycles. The van der Waals surface area contributed by atoms with Crippen LogP contribution < -0.4 is 9.64 Å². The maximum Gasteiger partial charge on any atom is 0.129 e. The Bertz CT molecular complexity index is 1240. The summed E-state index contributed by atoms with van der Waals surface area (Å²) in [5.74, 6) is 1.96. The van der Waals surface area contributed by atoms with Crippen molar-refractivity contribution in [1.82, 2.24) is 15.0 Å². The summed E-state index contributed by atoms with van der Waals surface area (Å²) >= 11 is 0. The van der Waals surface area contributed by atoms with Crippen LogP contribution in [-0.2, 0) is 0 Å². The molecule has 1 fully saturated rings. The van der Waals surface area contributed by atoms with Crippen LogP contribution in [0.25, 0.3) is 22.2 Å². The van der Waals surface area contributed by atoms with Crippen LogP contribution in [0, 0.1) is 0 Å². The molecule has 0 bridgehead atoms. The maximum absolute atomic E-state index is 10.1. The van der Waals surface area contributed by atoms with Gasteiger partial charge >= 0.3 is 0 Å². The van der Waals surface area contributed by atoms with Gasteiger partial charge in [0.2, 0.25) is 0 Å². The van der Waals surface area contributed by atoms with Crippen molar-refractivity contribution >= 4 is 16.7 Å². The van der Waals surface area contributed by atoms with Crippen LogP contribution >= 0.6 is 0 Å². The lowest BCUT2D eigenvalue weighted by molar-refractivity contribution is 0.193. The second-order valence-corrected chi connectivity index (χ2v) is 7.90. The number of para-hydroxylation sites is 1. The molecule has 31 heavy (non-hydrogen) atoms. The minimum atomic E-state index is -0.663. The Morgan fingerprint density at radius 1 is 1.03 bits per heavy atom. The maximum atomic E-state index is 10.1. The van der Waals surface area contributed by atoms with Crippen LogP contribution in [0.3, 0.4) is 0 Å². The molecule has 1 saturated heterocycles. The topological polar surface area (TPSA) is 71.4 Å². The smallest absolute Gasteiger partial charge is 0.129 e. The molecule has 0 radical (unpaired) electrons. The van der Waals surface area contributed by atoms with E-state index in [-0.39, 0.29) is 5.92 Å². The monoisotopic (exact) mass is 412 g/mol. The molecule has 1 atom stereocenters. The number of benzene rings is 2. The lowest BCUT2D eigenvalue weighted by Crippen LogP contribution is -2.46. The number of anilines is 1. The summed E-state index contributed by atoms with van der Waals surface area (Å²) in [4.78, 5) is 16.5. The molecule has 6 nitrogen and oxygen atoms in total. The Hall–Kier alpha value is -3.51. The van der Waals surface area contributed by atoms with Crippen molar-refractivity contribution < 1.29 is 9.84 Å². The summed E-state index contributed by atoms with van der Waals surface area (Å²) in [7, 11) is 1.66. The molecule has 5 rings (SSSR count). The lowest BCUT2D eigenvalue weighted by Gasteiger charge is -2.40. The van der Waals surface area contributed by atoms with Gasteiger partial charge in [-0.05, 0) is 37.3 Å². The number of hydrogen-bond acceptors (Lipinski definition) is 6. The quantitative estimate of drug-likeness (QED) is 0.525. The highest BCUT2D eigenvalue weighted by molar-refractivity contribution is 5.80. The largest absolute Gasteiger partial charge is 0.497 e. The van der Waals surface area contributed by atoms with Crippen LogP contribution in [0.2, 0.25) is 0 Å². The van der Waals surface area contributed by atoms with E-state index in [0.717, 1.165) is 52.5 Å². The minimum absolute atomic E-state index is 0.209. The Kier molecular flexibility index (Phi) is 5.00. The van der Waals surface area contributed by atoms with Crippen LogP contribution in [-0.4, -0.2) is 40.3 Å². The van der Waals surface area contributed by atoms with Crippen LogP contribution in [0.1, 0.15) is 30.3 Å². The molecule has 1 aliphatic heterocycles. The Morgan fingerprint density at radius 2 is 1.87 bits per heavy atom. The fourth-order valence-electron chi connectivity index (χ4n) is 3.97. The van der Waals surface area contributed by atoms with E-state index in [2.05, 4.69) is 28.1 Å². The number of nitrogens with zero attached hydrogens (tertiary/aromatic N) is 4. The molecule has 0 spiro atoms. The highest BCUT2D eigenvalue weighted by Crippen LogP contribution is 2.36. The third-order valence-electron chi connectivity index (χ3n) is 5.77. The third-order valence-corrected chi connectivity index (χ3v) is 5.77. The molecule has 2 aromatic heterocycles. The van der Waals surface area contributed by atoms with Gasteiger partial charge in [0.1, 0.15) is 11.6 Å². The van der Waals surface area contributed by atoms with Gasteiger partial charge in [-0.2, -0.15) is 0 Å². The first-order valence-electron chi connectivity index (χ1n) is 10.4. The van der Waals surface area contributed by atoms with Crippen molar-refractivity contribution in [2.24, 2.45) is 0 Å². The predicted molar refractivity (Wildman–Crippen MR) is 121 cm³/mol. The minimum Gasteiger partial charge on any atom is -0.497 e. The zero-order valence-electron chi connectivity index (χ0n) is 17.6. The first-order chi connectivity index (χ1) is 15.1. The van der Waals surface area contributed by atoms with Crippen molar-refractivity contribution in [3.8, 4) is 17.0 Å². The Balaban J connectivity index is 1.45. The van der Waals surface area contributed by atoms with Crippen LogP contribution in [0.4, 0.5) is 5.82 Å². The number of aliphatic hydroxyl groups is 1. The molecule has 156 valence electrons. The van der Waals surface area contributed by atoms with Gasteiger partial charge < -0.3 is 14.7 Å². The molecule has 1 unspecified atom stereocenters. The number of aliphatic hydroxyl groups excluding tert-OH is 1. The first-order valence-corrected chi connectivity index (χ1v) is 10.4. The zero-order valence-corrected chi connectivity index (χ0v) is 17.6. The average molecular weight is 412 g/mol. The van der Waals surface area contributed by atoms with Crippen molar-refractivity contribution in [1.29, 1.82) is 0 Å². The molecule has 0 amide bonds. The molecule has 1 N–H and O–H groups in total. The van der Waals surface area contributed by atoms with Crippen molar-refractivity contribution in [2.45, 2.75) is 18.9 Å². The number of pyridine rings is 1. The van der Waals surface area contributed by atoms with Crippen LogP contribution in [0.5, 0.6) is 5.75 Å². The fraction of sp³-hybridized carbons (Fsp3) is 0.240. The Morgan fingerprint density at radius 3 is 2.68 bits per heavy atom. The number of hydrogen-bond donors (Lipinski definition) is 1. The lowest BCUT2D eigenvalue weighted by atomic mass is 9.92. The SMILES string of the molecule is COc1cccc(-c2ncc(C(C)O)nc2C2CN(c3ccc4ccccc4n3)C2)c1. The normalized spacial score (nSPS) is 15.0. The fourth-order valence-corrected chi connectivity index (χ4v) is 3.97. The van der Waals surface area contributed by atoms with Gasteiger partial charge in [0.05, 0.1) is 42.0 Å². The van der Waals surface area contributed by atoms with Gasteiger partial charge in [0.25, 0.3) is 0 Å². The number of fused-ring (bicyclic) bond motifs is 1. The summed E-state index contributed by atoms with van der Waals surface area (Å²) in [5, 5.41) is 11.2. The van der Waals surface area contributed by atoms with Crippen molar-refractivity contribution in [3.63, 3.8) is 0 Å². The predicted octanol–water partition coefficient (Wildman–Crippen LogP) is 4.36. The summed E-state index contributed by atoms with van der Waals surface area (Å²) in [6.07, 6.45) is 0.994. The Labute approximate surface area is 181 Å². The molecular weight excluding hydrogens is 388 g/mol. The van der Waals surface area contributed by atoms with Crippen molar-refractivity contribution in [2.75, 3.05) is 25.1 Å². The molecule has 6 heteroatoms. The van der Waals surface area contributed by atoms with Gasteiger partial charge in [-0.1, -0.05) is 30.3 Å². The second-order valence-electron chi connectivity index (χ2n) is 7.90. The summed E-state index contributed by atoms with van der Waals surface area (Å²) in [6, 6.07) is 20.2. The first kappa shape index (κ1) is 19.5. The summed E-state index contributed by atoms with van der Waals surface area (Å²) in [5.41, 5.74) is 4.28. The van der Waals surface area contributed by atoms with E-state index in [4.69, 9.17) is 14.7 Å². The van der Waals surface area contributed by atoms with E-state index < -0.39 is 6.10 Å². The standard InChI is InChI=1S/C25H24N4O2/c1-16(30)22-13-26-24(18-7-5-8-20(12-18)31-2)25(28-22)19-14-29(15-19)23-11-10-17-6-3-4-9-21(17)27-23/h3-13,16,19,30H,14-15H2,1-2H3. The molecule has 4 aromatic rings. The van der Waals surface area contributed by atoms with Gasteiger partial charge in [0, 0.05) is 30.0 Å². The van der Waals surface area contributed by atoms with Gasteiger partial charge in [-0.15, -0.1) is 0 Å². The van der Waals surface area contributed by atoms with E-state index in [1.807, 2.05) is 42.5 Å². The molecular formula is C25H24N4O2. The molecule has 0 saturated carbocycles. The van der Waals surface area contributed by atoms with E-state index in [1.165, 1.54) is 0 Å². The second kappa shape index (κ2) is 7.96. The average Bonchev–Trinajstić information content (AvgIpc) is 2.78. The highest BCUT2D eigenvalue weighted by atomic mass is 16.5. The van der Waals surface area contributed by atoms with Gasteiger partial charge in [-0.25, -0.2) is 4.98 Å². The van der Waals surface area contributed by atoms with Gasteiger partial charge in [0.15, 0.2) is 0 Å². The highest BCUT2D eigenvalue weighted by Gasteiger charge is 2.33. The van der Waals surface area contributed by atoms with E-state index in [0.29, 0.717) is 5.69 Å². The van der Waals surface area contributed by atoms with E-state index in [9.17, 15) is 5.11 Å². The van der Waals surface area contributed by atoms with Crippen LogP contribution in [0.15, 0.2) is 66.9 Å². The third kappa shape index (κ3) is 3.70.